The van der Waals surface area contributed by atoms with Crippen molar-refractivity contribution in [3.63, 3.8) is 0 Å². The van der Waals surface area contributed by atoms with Gasteiger partial charge in [-0.2, -0.15) is 0 Å². The van der Waals surface area contributed by atoms with Crippen LogP contribution in [0.15, 0.2) is 75.0 Å². The summed E-state index contributed by atoms with van der Waals surface area (Å²) in [5, 5.41) is 3.49. The molecule has 0 saturated carbocycles. The van der Waals surface area contributed by atoms with E-state index in [1.165, 1.54) is 11.8 Å². The number of rotatable bonds is 4. The van der Waals surface area contributed by atoms with Gasteiger partial charge in [0.15, 0.2) is 11.0 Å². The van der Waals surface area contributed by atoms with Crippen LogP contribution in [0.1, 0.15) is 5.56 Å². The van der Waals surface area contributed by atoms with Crippen LogP contribution in [0.25, 0.3) is 0 Å². The van der Waals surface area contributed by atoms with Gasteiger partial charge in [0.25, 0.3) is 15.9 Å². The first kappa shape index (κ1) is 19.3. The fourth-order valence-corrected chi connectivity index (χ4v) is 4.66. The summed E-state index contributed by atoms with van der Waals surface area (Å²) in [7, 11) is -3.56. The third kappa shape index (κ3) is 4.38. The molecule has 1 aromatic carbocycles. The Hall–Kier alpha value is -2.98. The van der Waals surface area contributed by atoms with E-state index in [1.807, 2.05) is 19.1 Å². The number of allylic oxidation sites excluding steroid dienone is 2. The maximum absolute atomic E-state index is 12.8. The molecule has 8 nitrogen and oxygen atoms in total. The Morgan fingerprint density at radius 2 is 2.03 bits per heavy atom. The van der Waals surface area contributed by atoms with Gasteiger partial charge in [-0.15, -0.1) is 4.40 Å². The molecule has 0 radical (unpaired) electrons. The Balaban J connectivity index is 1.53. The van der Waals surface area contributed by atoms with E-state index in [4.69, 9.17) is 0 Å². The van der Waals surface area contributed by atoms with Crippen molar-refractivity contribution in [3.05, 3.63) is 66.1 Å². The Morgan fingerprint density at radius 1 is 1.24 bits per heavy atom. The molecule has 3 heterocycles. The number of hydrogen-bond donors (Lipinski definition) is 1. The third-order valence-electron chi connectivity index (χ3n) is 4.30. The summed E-state index contributed by atoms with van der Waals surface area (Å²) < 4.78 is 27.5. The molecule has 0 fully saturated rings. The van der Waals surface area contributed by atoms with Crippen molar-refractivity contribution in [1.82, 2.24) is 14.9 Å². The van der Waals surface area contributed by atoms with E-state index < -0.39 is 15.9 Å². The van der Waals surface area contributed by atoms with E-state index in [0.29, 0.717) is 10.8 Å². The quantitative estimate of drug-likeness (QED) is 0.747. The first-order valence-corrected chi connectivity index (χ1v) is 11.2. The van der Waals surface area contributed by atoms with E-state index in [2.05, 4.69) is 19.7 Å². The normalized spacial score (nSPS) is 17.2. The van der Waals surface area contributed by atoms with Crippen LogP contribution in [0.5, 0.6) is 0 Å². The topological polar surface area (TPSA) is 105 Å². The minimum Gasteiger partial charge on any atom is -0.331 e. The van der Waals surface area contributed by atoms with Crippen LogP contribution in [-0.2, 0) is 14.8 Å². The fraction of sp³-hybridized carbons (Fsp3) is 0.158. The summed E-state index contributed by atoms with van der Waals surface area (Å²) in [6.07, 6.45) is 8.35. The molecule has 29 heavy (non-hydrogen) atoms. The zero-order valence-electron chi connectivity index (χ0n) is 15.4. The highest BCUT2D eigenvalue weighted by Gasteiger charge is 2.30. The molecule has 1 aromatic heterocycles. The van der Waals surface area contributed by atoms with Crippen molar-refractivity contribution in [2.45, 2.75) is 17.0 Å². The lowest BCUT2D eigenvalue weighted by molar-refractivity contribution is -0.112. The molecule has 0 bridgehead atoms. The maximum atomic E-state index is 12.8. The van der Waals surface area contributed by atoms with E-state index in [1.54, 1.807) is 47.8 Å². The second-order valence-electron chi connectivity index (χ2n) is 6.38. The molecule has 0 aliphatic carbocycles. The Morgan fingerprint density at radius 3 is 2.79 bits per heavy atom. The highest BCUT2D eigenvalue weighted by atomic mass is 32.2. The fourth-order valence-electron chi connectivity index (χ4n) is 2.87. The first-order valence-electron chi connectivity index (χ1n) is 8.76. The summed E-state index contributed by atoms with van der Waals surface area (Å²) >= 11 is 1.42. The molecular formula is C19H17N5O3S2. The van der Waals surface area contributed by atoms with Crippen LogP contribution < -0.4 is 5.32 Å². The van der Waals surface area contributed by atoms with Crippen LogP contribution in [0.4, 0.5) is 5.69 Å². The number of sulfonamides is 1. The number of aryl methyl sites for hydroxylation is 1. The number of aromatic nitrogens is 2. The molecule has 2 aliphatic rings. The number of anilines is 1. The van der Waals surface area contributed by atoms with Gasteiger partial charge in [-0.3, -0.25) is 4.79 Å². The van der Waals surface area contributed by atoms with Gasteiger partial charge >= 0.3 is 0 Å². The highest BCUT2D eigenvalue weighted by molar-refractivity contribution is 7.99. The molecule has 148 valence electrons. The molecular weight excluding hydrogens is 410 g/mol. The molecule has 0 unspecified atom stereocenters. The SMILES string of the molecule is Cc1cc(Sc2ncccn2)ccc1NC(=O)C1=CC=CN2CCS(=O)(=O)N=C12. The first-order chi connectivity index (χ1) is 13.9. The van der Waals surface area contributed by atoms with Gasteiger partial charge in [-0.1, -0.05) is 0 Å². The number of amidine groups is 1. The van der Waals surface area contributed by atoms with Crippen LogP contribution >= 0.6 is 11.8 Å². The summed E-state index contributed by atoms with van der Waals surface area (Å²) in [6.45, 7) is 2.16. The van der Waals surface area contributed by atoms with Crippen LogP contribution in [0, 0.1) is 6.92 Å². The van der Waals surface area contributed by atoms with Crippen molar-refractivity contribution < 1.29 is 13.2 Å². The number of nitrogens with zero attached hydrogens (tertiary/aromatic N) is 4. The van der Waals surface area contributed by atoms with Gasteiger partial charge in [0, 0.05) is 35.7 Å². The number of carbonyl (C=O) groups excluding carboxylic acids is 1. The molecule has 2 aliphatic heterocycles. The number of hydrogen-bond acceptors (Lipinski definition) is 7. The van der Waals surface area contributed by atoms with Crippen LogP contribution in [0.3, 0.4) is 0 Å². The van der Waals surface area contributed by atoms with Gasteiger partial charge in [0.2, 0.25) is 0 Å². The minimum atomic E-state index is -3.56. The average Bonchev–Trinajstić information content (AvgIpc) is 2.69. The van der Waals surface area contributed by atoms with Crippen molar-refractivity contribution in [1.29, 1.82) is 0 Å². The second-order valence-corrected chi connectivity index (χ2v) is 9.18. The number of fused-ring (bicyclic) bond motifs is 1. The molecule has 4 rings (SSSR count). The van der Waals surface area contributed by atoms with Crippen molar-refractivity contribution in [3.8, 4) is 0 Å². The van der Waals surface area contributed by atoms with Crippen LogP contribution in [0.2, 0.25) is 0 Å². The largest absolute Gasteiger partial charge is 0.331 e. The minimum absolute atomic E-state index is 0.0703. The summed E-state index contributed by atoms with van der Waals surface area (Å²) in [4.78, 5) is 23.8. The molecule has 0 saturated heterocycles. The number of nitrogens with one attached hydrogen (secondary N) is 1. The average molecular weight is 428 g/mol. The zero-order valence-corrected chi connectivity index (χ0v) is 17.1. The molecule has 1 amide bonds. The maximum Gasteiger partial charge on any atom is 0.259 e. The highest BCUT2D eigenvalue weighted by Crippen LogP contribution is 2.28. The van der Waals surface area contributed by atoms with E-state index in [9.17, 15) is 13.2 Å². The zero-order chi connectivity index (χ0) is 20.4. The smallest absolute Gasteiger partial charge is 0.259 e. The van der Waals surface area contributed by atoms with Gasteiger partial charge in [-0.05, 0) is 60.7 Å². The Kier molecular flexibility index (Phi) is 5.20. The van der Waals surface area contributed by atoms with E-state index in [0.717, 1.165) is 10.5 Å². The summed E-state index contributed by atoms with van der Waals surface area (Å²) in [6, 6.07) is 7.36. The standard InChI is InChI=1S/C19H17N5O3S2/c1-13-12-14(28-19-20-7-3-8-21-19)5-6-16(13)22-18(25)15-4-2-9-24-10-11-29(26,27)23-17(15)24/h2-9,12H,10-11H2,1H3,(H,22,25). The lowest BCUT2D eigenvalue weighted by Gasteiger charge is -2.28. The number of amides is 1. The Bertz CT molecular complexity index is 1160. The number of benzene rings is 1. The van der Waals surface area contributed by atoms with Gasteiger partial charge in [-0.25, -0.2) is 18.4 Å². The second kappa shape index (κ2) is 7.80. The van der Waals surface area contributed by atoms with Crippen molar-refractivity contribution in [2.24, 2.45) is 4.40 Å². The van der Waals surface area contributed by atoms with E-state index >= 15 is 0 Å². The Labute approximate surface area is 172 Å². The third-order valence-corrected chi connectivity index (χ3v) is 6.33. The number of carbonyl (C=O) groups is 1. The van der Waals surface area contributed by atoms with Crippen molar-refractivity contribution in [2.75, 3.05) is 17.6 Å². The summed E-state index contributed by atoms with van der Waals surface area (Å²) in [5.41, 5.74) is 1.71. The molecule has 10 heteroatoms. The lowest BCUT2D eigenvalue weighted by Crippen LogP contribution is -2.40. The van der Waals surface area contributed by atoms with Gasteiger partial charge in [0.1, 0.15) is 0 Å². The van der Waals surface area contributed by atoms with Crippen LogP contribution in [-0.4, -0.2) is 47.3 Å². The summed E-state index contributed by atoms with van der Waals surface area (Å²) in [5.74, 6) is -0.327. The predicted octanol–water partition coefficient (Wildman–Crippen LogP) is 2.37. The van der Waals surface area contributed by atoms with Gasteiger partial charge in [0.05, 0.1) is 11.3 Å². The molecule has 0 atom stereocenters. The molecule has 0 spiro atoms. The van der Waals surface area contributed by atoms with Crippen molar-refractivity contribution >= 4 is 39.2 Å². The lowest BCUT2D eigenvalue weighted by atomic mass is 10.1. The molecule has 2 aromatic rings. The predicted molar refractivity (Wildman–Crippen MR) is 111 cm³/mol. The monoisotopic (exact) mass is 427 g/mol. The van der Waals surface area contributed by atoms with E-state index in [-0.39, 0.29) is 23.7 Å². The molecule has 1 N–H and O–H groups in total. The van der Waals surface area contributed by atoms with Gasteiger partial charge < -0.3 is 10.2 Å².